The molecular weight excluding hydrogens is 162 g/mol. The molecule has 3 heteroatoms. The molecule has 13 heavy (non-hydrogen) atoms. The van der Waals surface area contributed by atoms with Crippen molar-refractivity contribution in [3.8, 4) is 0 Å². The Morgan fingerprint density at radius 1 is 1.00 bits per heavy atom. The standard InChI is InChI=1S/C7H10N2.C3H9N/c1-9(2)7-5-3-4-6-8-7;1-4(2)3/h3-6H,1-2H3;1-3H3. The van der Waals surface area contributed by atoms with Crippen molar-refractivity contribution in [1.29, 1.82) is 0 Å². The van der Waals surface area contributed by atoms with Crippen LogP contribution in [0.15, 0.2) is 24.4 Å². The van der Waals surface area contributed by atoms with Crippen LogP contribution in [0.1, 0.15) is 0 Å². The van der Waals surface area contributed by atoms with E-state index in [-0.39, 0.29) is 0 Å². The predicted octanol–water partition coefficient (Wildman–Crippen LogP) is 1.33. The lowest BCUT2D eigenvalue weighted by Crippen LogP contribution is -2.09. The molecule has 1 aromatic rings. The Balaban J connectivity index is 0.000000310. The van der Waals surface area contributed by atoms with Gasteiger partial charge in [-0.1, -0.05) is 6.07 Å². The lowest BCUT2D eigenvalue weighted by molar-refractivity contribution is 0.505. The zero-order chi connectivity index (χ0) is 10.3. The lowest BCUT2D eigenvalue weighted by Gasteiger charge is -2.08. The van der Waals surface area contributed by atoms with Crippen molar-refractivity contribution in [2.45, 2.75) is 0 Å². The Bertz CT molecular complexity index is 204. The summed E-state index contributed by atoms with van der Waals surface area (Å²) >= 11 is 0. The highest BCUT2D eigenvalue weighted by atomic mass is 15.1. The van der Waals surface area contributed by atoms with Crippen LogP contribution >= 0.6 is 0 Å². The Morgan fingerprint density at radius 2 is 1.54 bits per heavy atom. The quantitative estimate of drug-likeness (QED) is 0.651. The fraction of sp³-hybridized carbons (Fsp3) is 0.500. The highest BCUT2D eigenvalue weighted by molar-refractivity contribution is 5.34. The highest BCUT2D eigenvalue weighted by Crippen LogP contribution is 2.02. The minimum Gasteiger partial charge on any atom is -0.363 e. The van der Waals surface area contributed by atoms with Gasteiger partial charge in [0, 0.05) is 20.3 Å². The summed E-state index contributed by atoms with van der Waals surface area (Å²) in [5, 5.41) is 0. The smallest absolute Gasteiger partial charge is 0.127 e. The van der Waals surface area contributed by atoms with E-state index in [2.05, 4.69) is 4.98 Å². The summed E-state index contributed by atoms with van der Waals surface area (Å²) in [6, 6.07) is 5.86. The van der Waals surface area contributed by atoms with E-state index >= 15 is 0 Å². The predicted molar refractivity (Wildman–Crippen MR) is 58.2 cm³/mol. The summed E-state index contributed by atoms with van der Waals surface area (Å²) in [5.41, 5.74) is 0. The van der Waals surface area contributed by atoms with Gasteiger partial charge in [0.25, 0.3) is 0 Å². The van der Waals surface area contributed by atoms with Crippen LogP contribution in [0.25, 0.3) is 0 Å². The largest absolute Gasteiger partial charge is 0.363 e. The second kappa shape index (κ2) is 6.43. The van der Waals surface area contributed by atoms with Crippen LogP contribution in [0, 0.1) is 0 Å². The van der Waals surface area contributed by atoms with Crippen molar-refractivity contribution >= 4 is 5.82 Å². The van der Waals surface area contributed by atoms with E-state index in [1.54, 1.807) is 6.20 Å². The Morgan fingerprint density at radius 3 is 1.77 bits per heavy atom. The normalized spacial score (nSPS) is 9.08. The first-order chi connectivity index (χ1) is 6.04. The second-order valence-corrected chi connectivity index (χ2v) is 3.42. The van der Waals surface area contributed by atoms with Crippen molar-refractivity contribution in [3.63, 3.8) is 0 Å². The zero-order valence-electron chi connectivity index (χ0n) is 9.15. The maximum atomic E-state index is 4.10. The van der Waals surface area contributed by atoms with Crippen LogP contribution in [0.2, 0.25) is 0 Å². The molecule has 0 aliphatic carbocycles. The summed E-state index contributed by atoms with van der Waals surface area (Å²) in [6.45, 7) is 0. The van der Waals surface area contributed by atoms with E-state index in [9.17, 15) is 0 Å². The fourth-order valence-corrected chi connectivity index (χ4v) is 0.618. The van der Waals surface area contributed by atoms with Gasteiger partial charge in [-0.25, -0.2) is 4.98 Å². The third-order valence-electron chi connectivity index (χ3n) is 1.11. The first kappa shape index (κ1) is 11.9. The van der Waals surface area contributed by atoms with Gasteiger partial charge < -0.3 is 9.80 Å². The molecule has 0 aromatic carbocycles. The molecule has 0 radical (unpaired) electrons. The summed E-state index contributed by atoms with van der Waals surface area (Å²) < 4.78 is 0. The molecule has 0 bridgehead atoms. The molecule has 0 aliphatic heterocycles. The molecule has 0 fully saturated rings. The molecule has 0 spiro atoms. The van der Waals surface area contributed by atoms with Crippen LogP contribution in [-0.2, 0) is 0 Å². The first-order valence-corrected chi connectivity index (χ1v) is 4.23. The minimum absolute atomic E-state index is 0.998. The number of nitrogens with zero attached hydrogens (tertiary/aromatic N) is 3. The van der Waals surface area contributed by atoms with E-state index in [0.717, 1.165) is 5.82 Å². The molecule has 0 amide bonds. The zero-order valence-corrected chi connectivity index (χ0v) is 9.15. The molecule has 0 saturated carbocycles. The van der Waals surface area contributed by atoms with Gasteiger partial charge in [0.05, 0.1) is 0 Å². The van der Waals surface area contributed by atoms with Gasteiger partial charge in [-0.15, -0.1) is 0 Å². The van der Waals surface area contributed by atoms with Crippen LogP contribution in [0.4, 0.5) is 5.82 Å². The fourth-order valence-electron chi connectivity index (χ4n) is 0.618. The second-order valence-electron chi connectivity index (χ2n) is 3.42. The number of anilines is 1. The van der Waals surface area contributed by atoms with Gasteiger partial charge in [0.15, 0.2) is 0 Å². The van der Waals surface area contributed by atoms with E-state index in [0.29, 0.717) is 0 Å². The summed E-state index contributed by atoms with van der Waals surface area (Å²) in [4.78, 5) is 8.08. The molecule has 0 atom stereocenters. The van der Waals surface area contributed by atoms with Crippen molar-refractivity contribution < 1.29 is 0 Å². The molecular formula is C10H19N3. The number of pyridine rings is 1. The third kappa shape index (κ3) is 7.28. The van der Waals surface area contributed by atoms with Gasteiger partial charge in [0.1, 0.15) is 5.82 Å². The maximum absolute atomic E-state index is 4.10. The lowest BCUT2D eigenvalue weighted by atomic mass is 10.4. The van der Waals surface area contributed by atoms with Crippen molar-refractivity contribution in [1.82, 2.24) is 9.88 Å². The Labute approximate surface area is 81.0 Å². The van der Waals surface area contributed by atoms with Gasteiger partial charge >= 0.3 is 0 Å². The monoisotopic (exact) mass is 181 g/mol. The van der Waals surface area contributed by atoms with Crippen LogP contribution in [0.5, 0.6) is 0 Å². The molecule has 0 unspecified atom stereocenters. The summed E-state index contributed by atoms with van der Waals surface area (Å²) in [5.74, 6) is 0.998. The SMILES string of the molecule is CN(C)C.CN(C)c1ccccn1. The molecule has 0 N–H and O–H groups in total. The summed E-state index contributed by atoms with van der Waals surface area (Å²) in [6.07, 6.45) is 1.79. The van der Waals surface area contributed by atoms with Crippen LogP contribution in [-0.4, -0.2) is 45.1 Å². The summed E-state index contributed by atoms with van der Waals surface area (Å²) in [7, 11) is 9.95. The average Bonchev–Trinajstić information content (AvgIpc) is 2.05. The number of rotatable bonds is 1. The number of aromatic nitrogens is 1. The molecule has 0 saturated heterocycles. The van der Waals surface area contributed by atoms with E-state index in [1.165, 1.54) is 0 Å². The third-order valence-corrected chi connectivity index (χ3v) is 1.11. The van der Waals surface area contributed by atoms with E-state index in [1.807, 2.05) is 63.2 Å². The van der Waals surface area contributed by atoms with Crippen LogP contribution < -0.4 is 4.90 Å². The van der Waals surface area contributed by atoms with Crippen molar-refractivity contribution in [2.24, 2.45) is 0 Å². The molecule has 0 aliphatic rings. The molecule has 1 aromatic heterocycles. The van der Waals surface area contributed by atoms with E-state index in [4.69, 9.17) is 0 Å². The first-order valence-electron chi connectivity index (χ1n) is 4.23. The topological polar surface area (TPSA) is 19.4 Å². The average molecular weight is 181 g/mol. The van der Waals surface area contributed by atoms with Crippen LogP contribution in [0.3, 0.4) is 0 Å². The number of hydrogen-bond acceptors (Lipinski definition) is 3. The van der Waals surface area contributed by atoms with Gasteiger partial charge in [-0.3, -0.25) is 0 Å². The Kier molecular flexibility index (Phi) is 5.89. The maximum Gasteiger partial charge on any atom is 0.127 e. The van der Waals surface area contributed by atoms with Gasteiger partial charge in [0.2, 0.25) is 0 Å². The molecule has 1 heterocycles. The van der Waals surface area contributed by atoms with Gasteiger partial charge in [-0.2, -0.15) is 0 Å². The molecule has 1 rings (SSSR count). The Hall–Kier alpha value is -1.09. The molecule has 3 nitrogen and oxygen atoms in total. The molecule has 74 valence electrons. The van der Waals surface area contributed by atoms with Crippen molar-refractivity contribution in [3.05, 3.63) is 24.4 Å². The van der Waals surface area contributed by atoms with E-state index < -0.39 is 0 Å². The van der Waals surface area contributed by atoms with Gasteiger partial charge in [-0.05, 0) is 33.3 Å². The van der Waals surface area contributed by atoms with Crippen molar-refractivity contribution in [2.75, 3.05) is 40.1 Å². The minimum atomic E-state index is 0.998. The highest BCUT2D eigenvalue weighted by Gasteiger charge is 1.89. The number of hydrogen-bond donors (Lipinski definition) is 0.